The summed E-state index contributed by atoms with van der Waals surface area (Å²) in [6, 6.07) is 0.978. The molecule has 3 N–H and O–H groups in total. The van der Waals surface area contributed by atoms with Crippen molar-refractivity contribution >= 4 is 6.09 Å². The second kappa shape index (κ2) is 9.02. The summed E-state index contributed by atoms with van der Waals surface area (Å²) in [4.78, 5) is 13.8. The summed E-state index contributed by atoms with van der Waals surface area (Å²) in [6.45, 7) is 8.91. The predicted octanol–water partition coefficient (Wildman–Crippen LogP) is 2.26. The summed E-state index contributed by atoms with van der Waals surface area (Å²) in [6.07, 6.45) is 6.31. The van der Waals surface area contributed by atoms with Crippen LogP contribution >= 0.6 is 0 Å². The third-order valence-corrected chi connectivity index (χ3v) is 4.67. The fourth-order valence-corrected chi connectivity index (χ4v) is 3.36. The minimum absolute atomic E-state index is 0.208. The van der Waals surface area contributed by atoms with Crippen molar-refractivity contribution < 1.29 is 14.3 Å². The van der Waals surface area contributed by atoms with Crippen LogP contribution in [0.15, 0.2) is 0 Å². The van der Waals surface area contributed by atoms with Crippen LogP contribution in [-0.4, -0.2) is 61.0 Å². The summed E-state index contributed by atoms with van der Waals surface area (Å²) in [5.41, 5.74) is 5.49. The molecule has 2 unspecified atom stereocenters. The number of nitrogens with one attached hydrogen (secondary N) is 1. The van der Waals surface area contributed by atoms with Crippen molar-refractivity contribution in [3.05, 3.63) is 0 Å². The van der Waals surface area contributed by atoms with Crippen molar-refractivity contribution in [1.29, 1.82) is 0 Å². The number of hydrogen-bond donors (Lipinski definition) is 2. The van der Waals surface area contributed by atoms with Crippen LogP contribution in [-0.2, 0) is 9.47 Å². The van der Waals surface area contributed by atoms with Crippen LogP contribution in [0.5, 0.6) is 0 Å². The quantitative estimate of drug-likeness (QED) is 0.725. The van der Waals surface area contributed by atoms with Crippen molar-refractivity contribution in [3.8, 4) is 0 Å². The zero-order valence-electron chi connectivity index (χ0n) is 15.6. The molecule has 0 bridgehead atoms. The highest BCUT2D eigenvalue weighted by Gasteiger charge is 2.27. The molecule has 1 saturated carbocycles. The summed E-state index contributed by atoms with van der Waals surface area (Å²) < 4.78 is 11.4. The molecular formula is C18H35N3O3. The summed E-state index contributed by atoms with van der Waals surface area (Å²) in [7, 11) is 0. The summed E-state index contributed by atoms with van der Waals surface area (Å²) in [5, 5.41) is 3.56. The van der Waals surface area contributed by atoms with Crippen LogP contribution in [0.1, 0.15) is 59.3 Å². The lowest BCUT2D eigenvalue weighted by atomic mass is 10.1. The SMILES string of the molecule is CC(C)(C)OC(=O)N1CCC(OCCCNC2CCC(N)C2)CC1. The molecule has 0 aromatic carbocycles. The molecule has 0 spiro atoms. The minimum Gasteiger partial charge on any atom is -0.444 e. The van der Waals surface area contributed by atoms with Gasteiger partial charge in [-0.3, -0.25) is 0 Å². The Labute approximate surface area is 146 Å². The molecule has 1 heterocycles. The molecule has 2 rings (SSSR count). The third kappa shape index (κ3) is 6.95. The van der Waals surface area contributed by atoms with E-state index < -0.39 is 5.60 Å². The number of nitrogens with zero attached hydrogens (tertiary/aromatic N) is 1. The molecule has 0 radical (unpaired) electrons. The van der Waals surface area contributed by atoms with Gasteiger partial charge in [-0.1, -0.05) is 0 Å². The molecule has 0 aromatic rings. The zero-order chi connectivity index (χ0) is 17.6. The van der Waals surface area contributed by atoms with Gasteiger partial charge in [0.2, 0.25) is 0 Å². The van der Waals surface area contributed by atoms with Gasteiger partial charge >= 0.3 is 6.09 Å². The van der Waals surface area contributed by atoms with Gasteiger partial charge in [-0.2, -0.15) is 0 Å². The maximum Gasteiger partial charge on any atom is 0.410 e. The van der Waals surface area contributed by atoms with Crippen molar-refractivity contribution in [2.75, 3.05) is 26.2 Å². The molecule has 2 fully saturated rings. The van der Waals surface area contributed by atoms with Crippen LogP contribution < -0.4 is 11.1 Å². The Hall–Kier alpha value is -0.850. The van der Waals surface area contributed by atoms with Gasteiger partial charge < -0.3 is 25.4 Å². The lowest BCUT2D eigenvalue weighted by Gasteiger charge is -2.33. The van der Waals surface area contributed by atoms with Gasteiger partial charge in [-0.15, -0.1) is 0 Å². The Morgan fingerprint density at radius 3 is 2.50 bits per heavy atom. The first kappa shape index (κ1) is 19.5. The summed E-state index contributed by atoms with van der Waals surface area (Å²) in [5.74, 6) is 0. The van der Waals surface area contributed by atoms with Crippen molar-refractivity contribution in [2.24, 2.45) is 5.73 Å². The Morgan fingerprint density at radius 1 is 1.21 bits per heavy atom. The standard InChI is InChI=1S/C18H35N3O3/c1-18(2,3)24-17(22)21-10-7-16(8-11-21)23-12-4-9-20-15-6-5-14(19)13-15/h14-16,20H,4-13,19H2,1-3H3. The molecule has 6 nitrogen and oxygen atoms in total. The van der Waals surface area contributed by atoms with Crippen LogP contribution in [0, 0.1) is 0 Å². The first-order valence-corrected chi connectivity index (χ1v) is 9.42. The van der Waals surface area contributed by atoms with E-state index in [4.69, 9.17) is 15.2 Å². The maximum atomic E-state index is 12.0. The van der Waals surface area contributed by atoms with Crippen LogP contribution in [0.25, 0.3) is 0 Å². The molecule has 24 heavy (non-hydrogen) atoms. The van der Waals surface area contributed by atoms with Crippen LogP contribution in [0.4, 0.5) is 4.79 Å². The number of carbonyl (C=O) groups excluding carboxylic acids is 1. The van der Waals surface area contributed by atoms with Gasteiger partial charge in [-0.05, 0) is 65.8 Å². The number of hydrogen-bond acceptors (Lipinski definition) is 5. The molecule has 0 aromatic heterocycles. The maximum absolute atomic E-state index is 12.0. The minimum atomic E-state index is -0.430. The highest BCUT2D eigenvalue weighted by atomic mass is 16.6. The molecule has 2 atom stereocenters. The zero-order valence-corrected chi connectivity index (χ0v) is 15.6. The smallest absolute Gasteiger partial charge is 0.410 e. The van der Waals surface area contributed by atoms with Gasteiger partial charge in [-0.25, -0.2) is 4.79 Å². The molecular weight excluding hydrogens is 306 g/mol. The van der Waals surface area contributed by atoms with Gasteiger partial charge in [0.25, 0.3) is 0 Å². The highest BCUT2D eigenvalue weighted by Crippen LogP contribution is 2.18. The largest absolute Gasteiger partial charge is 0.444 e. The molecule has 2 aliphatic rings. The van der Waals surface area contributed by atoms with Crippen LogP contribution in [0.3, 0.4) is 0 Å². The van der Waals surface area contributed by atoms with E-state index in [0.717, 1.165) is 58.3 Å². The Kier molecular flexibility index (Phi) is 7.32. The number of rotatable bonds is 6. The third-order valence-electron chi connectivity index (χ3n) is 4.67. The van der Waals surface area contributed by atoms with Gasteiger partial charge in [0.15, 0.2) is 0 Å². The average molecular weight is 341 g/mol. The number of carbonyl (C=O) groups is 1. The summed E-state index contributed by atoms with van der Waals surface area (Å²) >= 11 is 0. The topological polar surface area (TPSA) is 76.8 Å². The van der Waals surface area contributed by atoms with Gasteiger partial charge in [0, 0.05) is 31.8 Å². The first-order valence-electron chi connectivity index (χ1n) is 9.42. The van der Waals surface area contributed by atoms with E-state index in [0.29, 0.717) is 12.1 Å². The highest BCUT2D eigenvalue weighted by molar-refractivity contribution is 5.68. The van der Waals surface area contributed by atoms with E-state index in [2.05, 4.69) is 5.32 Å². The average Bonchev–Trinajstić information content (AvgIpc) is 2.91. The predicted molar refractivity (Wildman–Crippen MR) is 95.0 cm³/mol. The second-order valence-electron chi connectivity index (χ2n) is 8.12. The lowest BCUT2D eigenvalue weighted by molar-refractivity contribution is -0.0117. The Bertz CT molecular complexity index is 389. The van der Waals surface area contributed by atoms with Crippen molar-refractivity contribution in [1.82, 2.24) is 10.2 Å². The molecule has 6 heteroatoms. The van der Waals surface area contributed by atoms with Crippen molar-refractivity contribution in [2.45, 2.75) is 83.1 Å². The Balaban J connectivity index is 1.51. The van der Waals surface area contributed by atoms with E-state index in [1.807, 2.05) is 20.8 Å². The number of amides is 1. The number of piperidine rings is 1. The monoisotopic (exact) mass is 341 g/mol. The first-order chi connectivity index (χ1) is 11.3. The van der Waals surface area contributed by atoms with E-state index in [1.54, 1.807) is 4.90 Å². The van der Waals surface area contributed by atoms with E-state index in [1.165, 1.54) is 6.42 Å². The molecule has 1 aliphatic heterocycles. The van der Waals surface area contributed by atoms with E-state index in [-0.39, 0.29) is 12.2 Å². The second-order valence-corrected chi connectivity index (χ2v) is 8.12. The van der Waals surface area contributed by atoms with Gasteiger partial charge in [0.05, 0.1) is 6.10 Å². The molecule has 140 valence electrons. The Morgan fingerprint density at radius 2 is 1.92 bits per heavy atom. The normalized spacial score (nSPS) is 25.9. The van der Waals surface area contributed by atoms with Gasteiger partial charge in [0.1, 0.15) is 5.60 Å². The molecule has 1 saturated heterocycles. The van der Waals surface area contributed by atoms with Crippen molar-refractivity contribution in [3.63, 3.8) is 0 Å². The number of likely N-dealkylation sites (tertiary alicyclic amines) is 1. The molecule has 1 aliphatic carbocycles. The van der Waals surface area contributed by atoms with E-state index in [9.17, 15) is 4.79 Å². The fraction of sp³-hybridized carbons (Fsp3) is 0.944. The molecule has 1 amide bonds. The lowest BCUT2D eigenvalue weighted by Crippen LogP contribution is -2.43. The van der Waals surface area contributed by atoms with Crippen LogP contribution in [0.2, 0.25) is 0 Å². The number of ether oxygens (including phenoxy) is 2. The number of nitrogens with two attached hydrogens (primary N) is 1. The van der Waals surface area contributed by atoms with E-state index >= 15 is 0 Å². The fourth-order valence-electron chi connectivity index (χ4n) is 3.36.